The van der Waals surface area contributed by atoms with Crippen LogP contribution in [0.5, 0.6) is 0 Å². The van der Waals surface area contributed by atoms with Gasteiger partial charge in [-0.3, -0.25) is 4.98 Å². The van der Waals surface area contributed by atoms with Gasteiger partial charge in [-0.15, -0.1) is 0 Å². The Morgan fingerprint density at radius 3 is 2.67 bits per heavy atom. The van der Waals surface area contributed by atoms with E-state index < -0.39 is 5.60 Å². The molecule has 0 radical (unpaired) electrons. The molecule has 2 rings (SSSR count). The summed E-state index contributed by atoms with van der Waals surface area (Å²) in [5.41, 5.74) is 0.318. The Kier molecular flexibility index (Phi) is 3.72. The fourth-order valence-electron chi connectivity index (χ4n) is 2.01. The van der Waals surface area contributed by atoms with E-state index in [4.69, 9.17) is 0 Å². The van der Waals surface area contributed by atoms with Crippen LogP contribution in [-0.2, 0) is 12.0 Å². The Bertz CT molecular complexity index is 515. The second kappa shape index (κ2) is 5.27. The molecule has 0 aliphatic heterocycles. The number of aromatic nitrogens is 1. The Labute approximate surface area is 106 Å². The first-order valence-corrected chi connectivity index (χ1v) is 6.02. The van der Waals surface area contributed by atoms with Crippen LogP contribution in [-0.4, -0.2) is 10.1 Å². The fraction of sp³-hybridized carbons (Fsp3) is 0.267. The Hall–Kier alpha value is -1.74. The molecule has 1 aromatic heterocycles. The van der Waals surface area contributed by atoms with Crippen molar-refractivity contribution in [2.24, 2.45) is 0 Å². The van der Waals surface area contributed by atoms with Gasteiger partial charge in [0.15, 0.2) is 0 Å². The van der Waals surface area contributed by atoms with Gasteiger partial charge in [-0.1, -0.05) is 25.1 Å². The average molecular weight is 245 g/mol. The van der Waals surface area contributed by atoms with Crippen molar-refractivity contribution < 1.29 is 9.50 Å². The third-order valence-corrected chi connectivity index (χ3v) is 3.15. The van der Waals surface area contributed by atoms with Gasteiger partial charge in [0, 0.05) is 18.3 Å². The molecule has 0 aliphatic carbocycles. The summed E-state index contributed by atoms with van der Waals surface area (Å²) in [6.07, 6.45) is 2.58. The standard InChI is InChI=1S/C15H16FNO/c1-2-15(18,11-14-8-3-4-9-17-14)12-6-5-7-13(16)10-12/h3-10,18H,2,11H2,1H3. The van der Waals surface area contributed by atoms with E-state index in [0.717, 1.165) is 5.69 Å². The minimum atomic E-state index is -1.07. The van der Waals surface area contributed by atoms with Crippen LogP contribution >= 0.6 is 0 Å². The highest BCUT2D eigenvalue weighted by Gasteiger charge is 2.28. The Balaban J connectivity index is 2.31. The quantitative estimate of drug-likeness (QED) is 0.898. The number of pyridine rings is 1. The molecular formula is C15H16FNO. The molecule has 0 aliphatic rings. The number of benzene rings is 1. The maximum absolute atomic E-state index is 13.2. The highest BCUT2D eigenvalue weighted by Crippen LogP contribution is 2.28. The van der Waals surface area contributed by atoms with E-state index in [1.54, 1.807) is 18.3 Å². The van der Waals surface area contributed by atoms with E-state index in [9.17, 15) is 9.50 Å². The fourth-order valence-corrected chi connectivity index (χ4v) is 2.01. The van der Waals surface area contributed by atoms with Gasteiger partial charge in [0.05, 0.1) is 5.60 Å². The van der Waals surface area contributed by atoms with Crippen LogP contribution in [0.25, 0.3) is 0 Å². The van der Waals surface area contributed by atoms with Gasteiger partial charge in [0.2, 0.25) is 0 Å². The van der Waals surface area contributed by atoms with Gasteiger partial charge in [-0.2, -0.15) is 0 Å². The maximum Gasteiger partial charge on any atom is 0.123 e. The second-order valence-electron chi connectivity index (χ2n) is 4.39. The molecule has 0 amide bonds. The second-order valence-corrected chi connectivity index (χ2v) is 4.39. The van der Waals surface area contributed by atoms with Crippen LogP contribution in [0.4, 0.5) is 4.39 Å². The Morgan fingerprint density at radius 1 is 1.22 bits per heavy atom. The molecule has 18 heavy (non-hydrogen) atoms. The zero-order valence-corrected chi connectivity index (χ0v) is 10.3. The molecule has 1 aromatic carbocycles. The number of hydrogen-bond acceptors (Lipinski definition) is 2. The number of nitrogens with zero attached hydrogens (tertiary/aromatic N) is 1. The van der Waals surface area contributed by atoms with Crippen molar-refractivity contribution in [3.8, 4) is 0 Å². The van der Waals surface area contributed by atoms with Gasteiger partial charge in [0.1, 0.15) is 5.82 Å². The molecule has 1 atom stereocenters. The van der Waals surface area contributed by atoms with Crippen LogP contribution in [0.2, 0.25) is 0 Å². The monoisotopic (exact) mass is 245 g/mol. The molecule has 2 nitrogen and oxygen atoms in total. The number of halogens is 1. The van der Waals surface area contributed by atoms with E-state index >= 15 is 0 Å². The third-order valence-electron chi connectivity index (χ3n) is 3.15. The lowest BCUT2D eigenvalue weighted by molar-refractivity contribution is 0.0314. The number of hydrogen-bond donors (Lipinski definition) is 1. The van der Waals surface area contributed by atoms with Gasteiger partial charge in [-0.05, 0) is 36.2 Å². The summed E-state index contributed by atoms with van der Waals surface area (Å²) < 4.78 is 13.2. The summed E-state index contributed by atoms with van der Waals surface area (Å²) in [4.78, 5) is 4.21. The molecule has 0 saturated heterocycles. The molecule has 3 heteroatoms. The van der Waals surface area contributed by atoms with Gasteiger partial charge in [-0.25, -0.2) is 4.39 Å². The van der Waals surface area contributed by atoms with Crippen LogP contribution in [0.3, 0.4) is 0 Å². The lowest BCUT2D eigenvalue weighted by atomic mass is 9.86. The van der Waals surface area contributed by atoms with Crippen molar-refractivity contribution in [2.75, 3.05) is 0 Å². The number of rotatable bonds is 4. The van der Waals surface area contributed by atoms with Crippen LogP contribution < -0.4 is 0 Å². The van der Waals surface area contributed by atoms with Crippen molar-refractivity contribution in [1.29, 1.82) is 0 Å². The highest BCUT2D eigenvalue weighted by molar-refractivity contribution is 5.25. The van der Waals surface area contributed by atoms with E-state index in [1.807, 2.05) is 25.1 Å². The summed E-state index contributed by atoms with van der Waals surface area (Å²) in [5.74, 6) is -0.333. The van der Waals surface area contributed by atoms with E-state index in [2.05, 4.69) is 4.98 Å². The molecule has 0 fully saturated rings. The van der Waals surface area contributed by atoms with Gasteiger partial charge in [0.25, 0.3) is 0 Å². The minimum absolute atomic E-state index is 0.333. The summed E-state index contributed by atoms with van der Waals surface area (Å²) >= 11 is 0. The molecule has 94 valence electrons. The lowest BCUT2D eigenvalue weighted by Gasteiger charge is -2.27. The van der Waals surface area contributed by atoms with E-state index in [-0.39, 0.29) is 5.82 Å². The van der Waals surface area contributed by atoms with Gasteiger partial charge >= 0.3 is 0 Å². The van der Waals surface area contributed by atoms with Crippen molar-refractivity contribution in [3.63, 3.8) is 0 Å². The van der Waals surface area contributed by atoms with Crippen LogP contribution in [0.15, 0.2) is 48.7 Å². The first-order chi connectivity index (χ1) is 8.64. The van der Waals surface area contributed by atoms with Crippen molar-refractivity contribution in [3.05, 3.63) is 65.7 Å². The molecule has 0 saturated carbocycles. The largest absolute Gasteiger partial charge is 0.385 e. The predicted molar refractivity (Wildman–Crippen MR) is 68.5 cm³/mol. The highest BCUT2D eigenvalue weighted by atomic mass is 19.1. The molecule has 1 unspecified atom stereocenters. The first kappa shape index (κ1) is 12.7. The summed E-state index contributed by atoms with van der Waals surface area (Å²) in [6.45, 7) is 1.88. The summed E-state index contributed by atoms with van der Waals surface area (Å²) in [5, 5.41) is 10.7. The zero-order valence-electron chi connectivity index (χ0n) is 10.3. The molecule has 2 aromatic rings. The van der Waals surface area contributed by atoms with Gasteiger partial charge < -0.3 is 5.11 Å². The minimum Gasteiger partial charge on any atom is -0.385 e. The lowest BCUT2D eigenvalue weighted by Crippen LogP contribution is -2.28. The summed E-state index contributed by atoms with van der Waals surface area (Å²) in [7, 11) is 0. The van der Waals surface area contributed by atoms with Crippen molar-refractivity contribution in [1.82, 2.24) is 4.98 Å². The first-order valence-electron chi connectivity index (χ1n) is 6.02. The van der Waals surface area contributed by atoms with Crippen molar-refractivity contribution >= 4 is 0 Å². The third kappa shape index (κ3) is 2.74. The SMILES string of the molecule is CCC(O)(Cc1ccccn1)c1cccc(F)c1. The van der Waals surface area contributed by atoms with Crippen LogP contribution in [0, 0.1) is 5.82 Å². The molecular weight excluding hydrogens is 229 g/mol. The zero-order chi connectivity index (χ0) is 13.0. The Morgan fingerprint density at radius 2 is 2.06 bits per heavy atom. The molecule has 1 N–H and O–H groups in total. The summed E-state index contributed by atoms with van der Waals surface area (Å²) in [6, 6.07) is 11.7. The predicted octanol–water partition coefficient (Wildman–Crippen LogP) is 3.06. The molecule has 0 bridgehead atoms. The average Bonchev–Trinajstić information content (AvgIpc) is 2.40. The van der Waals surface area contributed by atoms with E-state index in [1.165, 1.54) is 12.1 Å². The number of aliphatic hydroxyl groups is 1. The topological polar surface area (TPSA) is 33.1 Å². The van der Waals surface area contributed by atoms with E-state index in [0.29, 0.717) is 18.4 Å². The molecule has 1 heterocycles. The maximum atomic E-state index is 13.2. The smallest absolute Gasteiger partial charge is 0.123 e. The normalized spacial score (nSPS) is 14.2. The molecule has 0 spiro atoms. The van der Waals surface area contributed by atoms with Crippen LogP contribution in [0.1, 0.15) is 24.6 Å². The van der Waals surface area contributed by atoms with Crippen molar-refractivity contribution in [2.45, 2.75) is 25.4 Å².